The molecule has 0 aliphatic heterocycles. The highest BCUT2D eigenvalue weighted by Gasteiger charge is 2.14. The molecule has 0 amide bonds. The summed E-state index contributed by atoms with van der Waals surface area (Å²) in [5.74, 6) is 0.703. The summed E-state index contributed by atoms with van der Waals surface area (Å²) in [6, 6.07) is 24.4. The Bertz CT molecular complexity index is 1340. The van der Waals surface area contributed by atoms with Gasteiger partial charge in [-0.1, -0.05) is 60.7 Å². The standard InChI is InChI=1S/C25H19N3OS/c29-25-23-22(13-16-30-23)27-24(28(25)15-12-18-5-4-14-26-17-18)21-10-8-20(9-11-21)19-6-2-1-3-7-19/h1-11,13-14,16-17H,12,15H2. The molecule has 0 radical (unpaired) electrons. The molecule has 0 aliphatic carbocycles. The maximum absolute atomic E-state index is 13.2. The van der Waals surface area contributed by atoms with E-state index in [1.165, 1.54) is 16.9 Å². The van der Waals surface area contributed by atoms with Crippen molar-refractivity contribution in [2.24, 2.45) is 0 Å². The van der Waals surface area contributed by atoms with Crippen LogP contribution in [0.5, 0.6) is 0 Å². The SMILES string of the molecule is O=c1c2sccc2nc(-c2ccc(-c3ccccc3)cc2)n1CCc1cccnc1. The van der Waals surface area contributed by atoms with Gasteiger partial charge in [0.05, 0.1) is 5.52 Å². The van der Waals surface area contributed by atoms with Gasteiger partial charge >= 0.3 is 0 Å². The second kappa shape index (κ2) is 8.05. The summed E-state index contributed by atoms with van der Waals surface area (Å²) in [4.78, 5) is 22.2. The molecule has 0 fully saturated rings. The molecule has 3 heterocycles. The smallest absolute Gasteiger partial charge is 0.271 e. The van der Waals surface area contributed by atoms with Crippen molar-refractivity contribution in [1.29, 1.82) is 0 Å². The zero-order valence-corrected chi connectivity index (χ0v) is 17.0. The molecule has 0 saturated carbocycles. The molecule has 5 heteroatoms. The van der Waals surface area contributed by atoms with Gasteiger partial charge in [0.2, 0.25) is 0 Å². The van der Waals surface area contributed by atoms with Crippen LogP contribution in [0.2, 0.25) is 0 Å². The summed E-state index contributed by atoms with van der Waals surface area (Å²) in [5, 5.41) is 1.92. The zero-order chi connectivity index (χ0) is 20.3. The fraction of sp³-hybridized carbons (Fsp3) is 0.0800. The number of aryl methyl sites for hydroxylation is 1. The van der Waals surface area contributed by atoms with E-state index in [1.807, 2.05) is 60.1 Å². The minimum absolute atomic E-state index is 0.0148. The van der Waals surface area contributed by atoms with Crippen LogP contribution in [-0.2, 0) is 13.0 Å². The number of thiophene rings is 1. The third-order valence-electron chi connectivity index (χ3n) is 5.16. The van der Waals surface area contributed by atoms with Gasteiger partial charge in [-0.05, 0) is 40.6 Å². The molecular weight excluding hydrogens is 390 g/mol. The van der Waals surface area contributed by atoms with Crippen LogP contribution < -0.4 is 5.56 Å². The van der Waals surface area contributed by atoms with Crippen molar-refractivity contribution >= 4 is 21.6 Å². The first-order chi connectivity index (χ1) is 14.8. The lowest BCUT2D eigenvalue weighted by Crippen LogP contribution is -2.23. The van der Waals surface area contributed by atoms with Gasteiger partial charge in [-0.2, -0.15) is 0 Å². The average Bonchev–Trinajstić information content (AvgIpc) is 3.29. The highest BCUT2D eigenvalue weighted by Crippen LogP contribution is 2.25. The van der Waals surface area contributed by atoms with Crippen molar-refractivity contribution < 1.29 is 0 Å². The van der Waals surface area contributed by atoms with E-state index < -0.39 is 0 Å². The molecule has 0 bridgehead atoms. The van der Waals surface area contributed by atoms with Gasteiger partial charge in [-0.3, -0.25) is 14.3 Å². The van der Waals surface area contributed by atoms with Gasteiger partial charge in [0, 0.05) is 24.5 Å². The third-order valence-corrected chi connectivity index (χ3v) is 6.05. The molecule has 4 nitrogen and oxygen atoms in total. The van der Waals surface area contributed by atoms with E-state index in [1.54, 1.807) is 10.8 Å². The summed E-state index contributed by atoms with van der Waals surface area (Å²) < 4.78 is 2.49. The largest absolute Gasteiger partial charge is 0.291 e. The molecule has 30 heavy (non-hydrogen) atoms. The Morgan fingerprint density at radius 3 is 2.37 bits per heavy atom. The first-order valence-corrected chi connectivity index (χ1v) is 10.7. The molecule has 0 spiro atoms. The topological polar surface area (TPSA) is 47.8 Å². The first kappa shape index (κ1) is 18.5. The fourth-order valence-electron chi connectivity index (χ4n) is 3.60. The van der Waals surface area contributed by atoms with Gasteiger partial charge in [0.25, 0.3) is 5.56 Å². The Hall–Kier alpha value is -3.57. The van der Waals surface area contributed by atoms with Gasteiger partial charge < -0.3 is 0 Å². The molecule has 0 saturated heterocycles. The summed E-state index contributed by atoms with van der Waals surface area (Å²) >= 11 is 1.45. The van der Waals surface area contributed by atoms with E-state index in [9.17, 15) is 4.79 Å². The Labute approximate surface area is 178 Å². The van der Waals surface area contributed by atoms with E-state index in [0.717, 1.165) is 28.6 Å². The van der Waals surface area contributed by atoms with Crippen molar-refractivity contribution in [2.45, 2.75) is 13.0 Å². The van der Waals surface area contributed by atoms with E-state index in [-0.39, 0.29) is 5.56 Å². The van der Waals surface area contributed by atoms with Gasteiger partial charge in [-0.15, -0.1) is 11.3 Å². The van der Waals surface area contributed by atoms with Gasteiger partial charge in [-0.25, -0.2) is 4.98 Å². The minimum atomic E-state index is 0.0148. The molecule has 5 aromatic rings. The number of benzene rings is 2. The Balaban J connectivity index is 1.56. The number of aromatic nitrogens is 3. The van der Waals surface area contributed by atoms with E-state index in [2.05, 4.69) is 29.2 Å². The summed E-state index contributed by atoms with van der Waals surface area (Å²) in [6.45, 7) is 0.557. The second-order valence-corrected chi connectivity index (χ2v) is 8.00. The van der Waals surface area contributed by atoms with E-state index in [4.69, 9.17) is 4.98 Å². The van der Waals surface area contributed by atoms with Crippen LogP contribution in [0.4, 0.5) is 0 Å². The molecule has 3 aromatic heterocycles. The van der Waals surface area contributed by atoms with Crippen molar-refractivity contribution in [3.05, 3.63) is 106 Å². The number of rotatable bonds is 5. The highest BCUT2D eigenvalue weighted by molar-refractivity contribution is 7.17. The average molecular weight is 410 g/mol. The monoisotopic (exact) mass is 409 g/mol. The van der Waals surface area contributed by atoms with Crippen LogP contribution in [0.3, 0.4) is 0 Å². The van der Waals surface area contributed by atoms with Crippen LogP contribution in [-0.4, -0.2) is 14.5 Å². The Morgan fingerprint density at radius 1 is 0.833 bits per heavy atom. The summed E-state index contributed by atoms with van der Waals surface area (Å²) in [5.41, 5.74) is 5.11. The Kier molecular flexibility index (Phi) is 4.95. The maximum atomic E-state index is 13.2. The predicted octanol–water partition coefficient (Wildman–Crippen LogP) is 5.43. The zero-order valence-electron chi connectivity index (χ0n) is 16.2. The van der Waals surface area contributed by atoms with Crippen LogP contribution >= 0.6 is 11.3 Å². The molecule has 0 atom stereocenters. The molecule has 5 rings (SSSR count). The predicted molar refractivity (Wildman–Crippen MR) is 123 cm³/mol. The van der Waals surface area contributed by atoms with Crippen LogP contribution in [0.15, 0.2) is 95.4 Å². The van der Waals surface area contributed by atoms with Crippen LogP contribution in [0, 0.1) is 0 Å². The second-order valence-electron chi connectivity index (χ2n) is 7.08. The van der Waals surface area contributed by atoms with Crippen molar-refractivity contribution in [3.63, 3.8) is 0 Å². The quantitative estimate of drug-likeness (QED) is 0.389. The van der Waals surface area contributed by atoms with E-state index >= 15 is 0 Å². The minimum Gasteiger partial charge on any atom is -0.291 e. The number of pyridine rings is 1. The third kappa shape index (κ3) is 3.55. The van der Waals surface area contributed by atoms with Crippen LogP contribution in [0.25, 0.3) is 32.7 Å². The normalized spacial score (nSPS) is 11.1. The number of hydrogen-bond acceptors (Lipinski definition) is 4. The van der Waals surface area contributed by atoms with Crippen molar-refractivity contribution in [3.8, 4) is 22.5 Å². The molecule has 2 aromatic carbocycles. The van der Waals surface area contributed by atoms with Gasteiger partial charge in [0.1, 0.15) is 10.5 Å². The van der Waals surface area contributed by atoms with Crippen molar-refractivity contribution in [2.75, 3.05) is 0 Å². The number of fused-ring (bicyclic) bond motifs is 1. The van der Waals surface area contributed by atoms with E-state index in [0.29, 0.717) is 17.1 Å². The fourth-order valence-corrected chi connectivity index (χ4v) is 4.38. The summed E-state index contributed by atoms with van der Waals surface area (Å²) in [6.07, 6.45) is 4.33. The number of hydrogen-bond donors (Lipinski definition) is 0. The molecule has 0 unspecified atom stereocenters. The summed E-state index contributed by atoms with van der Waals surface area (Å²) in [7, 11) is 0. The molecule has 146 valence electrons. The maximum Gasteiger partial charge on any atom is 0.271 e. The Morgan fingerprint density at radius 2 is 1.60 bits per heavy atom. The molecular formula is C25H19N3OS. The first-order valence-electron chi connectivity index (χ1n) is 9.82. The van der Waals surface area contributed by atoms with Crippen molar-refractivity contribution in [1.82, 2.24) is 14.5 Å². The highest BCUT2D eigenvalue weighted by atomic mass is 32.1. The number of nitrogens with zero attached hydrogens (tertiary/aromatic N) is 3. The molecule has 0 aliphatic rings. The lowest BCUT2D eigenvalue weighted by atomic mass is 10.0. The van der Waals surface area contributed by atoms with Gasteiger partial charge in [0.15, 0.2) is 0 Å². The van der Waals surface area contributed by atoms with Crippen LogP contribution in [0.1, 0.15) is 5.56 Å². The molecule has 0 N–H and O–H groups in total. The lowest BCUT2D eigenvalue weighted by Gasteiger charge is -2.13. The lowest BCUT2D eigenvalue weighted by molar-refractivity contribution is 0.671.